The van der Waals surface area contributed by atoms with Gasteiger partial charge in [-0.1, -0.05) is 23.7 Å². The largest absolute Gasteiger partial charge is 0.506 e. The second-order valence-corrected chi connectivity index (χ2v) is 3.32. The summed E-state index contributed by atoms with van der Waals surface area (Å²) in [4.78, 5) is 0. The molecule has 4 heteroatoms. The van der Waals surface area contributed by atoms with Crippen LogP contribution in [0, 0.1) is 0 Å². The molecule has 0 aliphatic heterocycles. The van der Waals surface area contributed by atoms with Crippen LogP contribution < -0.4 is 5.73 Å². The van der Waals surface area contributed by atoms with E-state index in [0.29, 0.717) is 5.56 Å². The number of aromatic hydroxyl groups is 1. The van der Waals surface area contributed by atoms with Crippen LogP contribution in [0.4, 0.5) is 0 Å². The molecule has 0 bridgehead atoms. The normalized spacial score (nSPS) is 15.4. The van der Waals surface area contributed by atoms with Crippen LogP contribution in [0.3, 0.4) is 0 Å². The highest BCUT2D eigenvalue weighted by atomic mass is 35.5. The van der Waals surface area contributed by atoms with Crippen molar-refractivity contribution >= 4 is 11.6 Å². The van der Waals surface area contributed by atoms with Gasteiger partial charge in [0.1, 0.15) is 5.75 Å². The van der Waals surface area contributed by atoms with Gasteiger partial charge in [-0.05, 0) is 18.6 Å². The molecule has 0 spiro atoms. The van der Waals surface area contributed by atoms with Gasteiger partial charge in [0.15, 0.2) is 0 Å². The summed E-state index contributed by atoms with van der Waals surface area (Å²) in [6, 6.07) is 4.22. The number of benzene rings is 1. The number of phenols is 1. The Labute approximate surface area is 81.8 Å². The Kier molecular flexibility index (Phi) is 3.14. The first-order valence-electron chi connectivity index (χ1n) is 3.95. The van der Waals surface area contributed by atoms with Crippen LogP contribution in [0.1, 0.15) is 18.5 Å². The van der Waals surface area contributed by atoms with Crippen LogP contribution >= 0.6 is 11.6 Å². The Morgan fingerprint density at radius 1 is 1.46 bits per heavy atom. The number of phenolic OH excluding ortho intramolecular Hbond substituents is 1. The lowest BCUT2D eigenvalue weighted by molar-refractivity contribution is 0.164. The van der Waals surface area contributed by atoms with Crippen molar-refractivity contribution < 1.29 is 10.2 Å². The summed E-state index contributed by atoms with van der Waals surface area (Å²) in [6.45, 7) is 1.57. The Morgan fingerprint density at radius 2 is 2.08 bits per heavy atom. The van der Waals surface area contributed by atoms with Gasteiger partial charge in [0, 0.05) is 0 Å². The fraction of sp³-hybridized carbons (Fsp3) is 0.333. The average Bonchev–Trinajstić information content (AvgIpc) is 2.08. The maximum absolute atomic E-state index is 9.26. The SMILES string of the molecule is CC(O)C(N)c1cccc(O)c1Cl. The van der Waals surface area contributed by atoms with Crippen molar-refractivity contribution in [3.8, 4) is 5.75 Å². The van der Waals surface area contributed by atoms with Crippen LogP contribution in [-0.2, 0) is 0 Å². The summed E-state index contributed by atoms with van der Waals surface area (Å²) in [5, 5.41) is 18.7. The van der Waals surface area contributed by atoms with Crippen molar-refractivity contribution in [3.63, 3.8) is 0 Å². The Morgan fingerprint density at radius 3 is 2.62 bits per heavy atom. The number of hydrogen-bond donors (Lipinski definition) is 3. The number of aliphatic hydroxyl groups excluding tert-OH is 1. The van der Waals surface area contributed by atoms with Crippen molar-refractivity contribution in [2.45, 2.75) is 19.1 Å². The molecule has 0 saturated carbocycles. The van der Waals surface area contributed by atoms with Crippen LogP contribution in [-0.4, -0.2) is 16.3 Å². The van der Waals surface area contributed by atoms with E-state index in [2.05, 4.69) is 0 Å². The van der Waals surface area contributed by atoms with Crippen molar-refractivity contribution in [1.82, 2.24) is 0 Å². The van der Waals surface area contributed by atoms with E-state index in [9.17, 15) is 10.2 Å². The minimum Gasteiger partial charge on any atom is -0.506 e. The third-order valence-electron chi connectivity index (χ3n) is 1.89. The fourth-order valence-corrected chi connectivity index (χ4v) is 1.31. The number of aliphatic hydroxyl groups is 1. The van der Waals surface area contributed by atoms with E-state index >= 15 is 0 Å². The number of nitrogens with two attached hydrogens (primary N) is 1. The van der Waals surface area contributed by atoms with Gasteiger partial charge in [-0.2, -0.15) is 0 Å². The lowest BCUT2D eigenvalue weighted by Gasteiger charge is -2.16. The highest BCUT2D eigenvalue weighted by molar-refractivity contribution is 6.32. The van der Waals surface area contributed by atoms with Gasteiger partial charge in [-0.3, -0.25) is 0 Å². The average molecular weight is 202 g/mol. The quantitative estimate of drug-likeness (QED) is 0.678. The van der Waals surface area contributed by atoms with Gasteiger partial charge in [-0.15, -0.1) is 0 Å². The monoisotopic (exact) mass is 201 g/mol. The highest BCUT2D eigenvalue weighted by Crippen LogP contribution is 2.30. The zero-order valence-corrected chi connectivity index (χ0v) is 7.99. The molecule has 0 amide bonds. The predicted molar refractivity (Wildman–Crippen MR) is 51.7 cm³/mol. The third kappa shape index (κ3) is 2.12. The number of rotatable bonds is 2. The van der Waals surface area contributed by atoms with E-state index in [1.807, 2.05) is 0 Å². The smallest absolute Gasteiger partial charge is 0.134 e. The zero-order valence-electron chi connectivity index (χ0n) is 7.24. The highest BCUT2D eigenvalue weighted by Gasteiger charge is 2.16. The molecule has 1 aromatic carbocycles. The summed E-state index contributed by atoms with van der Waals surface area (Å²) in [5.74, 6) is -0.0183. The Hall–Kier alpha value is -0.770. The molecule has 1 aromatic rings. The first kappa shape index (κ1) is 10.3. The predicted octanol–water partition coefficient (Wildman–Crippen LogP) is 1.43. The van der Waals surface area contributed by atoms with E-state index in [1.165, 1.54) is 6.07 Å². The van der Waals surface area contributed by atoms with E-state index in [1.54, 1.807) is 19.1 Å². The molecular formula is C9H12ClNO2. The summed E-state index contributed by atoms with van der Waals surface area (Å²) in [6.07, 6.45) is -0.695. The molecule has 1 rings (SSSR count). The lowest BCUT2D eigenvalue weighted by atomic mass is 10.0. The summed E-state index contributed by atoms with van der Waals surface area (Å²) < 4.78 is 0. The van der Waals surface area contributed by atoms with Crippen molar-refractivity contribution in [3.05, 3.63) is 28.8 Å². The second kappa shape index (κ2) is 3.96. The van der Waals surface area contributed by atoms with Gasteiger partial charge < -0.3 is 15.9 Å². The molecule has 4 N–H and O–H groups in total. The molecule has 0 saturated heterocycles. The van der Waals surface area contributed by atoms with Crippen LogP contribution in [0.25, 0.3) is 0 Å². The summed E-state index contributed by atoms with van der Waals surface area (Å²) in [5.41, 5.74) is 6.21. The molecule has 72 valence electrons. The molecule has 0 aromatic heterocycles. The molecular weight excluding hydrogens is 190 g/mol. The number of hydrogen-bond acceptors (Lipinski definition) is 3. The Bertz CT molecular complexity index is 302. The first-order chi connectivity index (χ1) is 6.04. The summed E-state index contributed by atoms with van der Waals surface area (Å²) in [7, 11) is 0. The molecule has 0 heterocycles. The minimum absolute atomic E-state index is 0.0183. The van der Waals surface area contributed by atoms with Crippen LogP contribution in [0.5, 0.6) is 5.75 Å². The molecule has 0 aliphatic carbocycles. The van der Waals surface area contributed by atoms with E-state index in [4.69, 9.17) is 17.3 Å². The molecule has 13 heavy (non-hydrogen) atoms. The molecule has 0 radical (unpaired) electrons. The van der Waals surface area contributed by atoms with Crippen LogP contribution in [0.2, 0.25) is 5.02 Å². The van der Waals surface area contributed by atoms with Gasteiger partial charge >= 0.3 is 0 Å². The zero-order chi connectivity index (χ0) is 10.0. The molecule has 3 nitrogen and oxygen atoms in total. The summed E-state index contributed by atoms with van der Waals surface area (Å²) >= 11 is 5.79. The maximum atomic E-state index is 9.26. The van der Waals surface area contributed by atoms with Gasteiger partial charge in [-0.25, -0.2) is 0 Å². The first-order valence-corrected chi connectivity index (χ1v) is 4.33. The van der Waals surface area contributed by atoms with Crippen molar-refractivity contribution in [1.29, 1.82) is 0 Å². The van der Waals surface area contributed by atoms with E-state index < -0.39 is 12.1 Å². The minimum atomic E-state index is -0.695. The topological polar surface area (TPSA) is 66.5 Å². The van der Waals surface area contributed by atoms with E-state index in [0.717, 1.165) is 0 Å². The fourth-order valence-electron chi connectivity index (χ4n) is 1.05. The standard InChI is InChI=1S/C9H12ClNO2/c1-5(12)9(11)6-3-2-4-7(13)8(6)10/h2-5,9,12-13H,11H2,1H3. The van der Waals surface area contributed by atoms with E-state index in [-0.39, 0.29) is 10.8 Å². The van der Waals surface area contributed by atoms with Gasteiger partial charge in [0.2, 0.25) is 0 Å². The molecule has 0 fully saturated rings. The van der Waals surface area contributed by atoms with Crippen LogP contribution in [0.15, 0.2) is 18.2 Å². The molecule has 0 aliphatic rings. The second-order valence-electron chi connectivity index (χ2n) is 2.95. The number of halogens is 1. The third-order valence-corrected chi connectivity index (χ3v) is 2.30. The lowest BCUT2D eigenvalue weighted by Crippen LogP contribution is -2.23. The van der Waals surface area contributed by atoms with Crippen molar-refractivity contribution in [2.75, 3.05) is 0 Å². The molecule has 2 unspecified atom stereocenters. The molecule has 2 atom stereocenters. The Balaban J connectivity index is 3.07. The van der Waals surface area contributed by atoms with Gasteiger partial charge in [0.05, 0.1) is 17.2 Å². The van der Waals surface area contributed by atoms with Crippen molar-refractivity contribution in [2.24, 2.45) is 5.73 Å². The maximum Gasteiger partial charge on any atom is 0.134 e. The van der Waals surface area contributed by atoms with Gasteiger partial charge in [0.25, 0.3) is 0 Å².